The number of aliphatic hydroxyl groups is 1. The van der Waals surface area contributed by atoms with Gasteiger partial charge in [0.05, 0.1) is 5.69 Å². The lowest BCUT2D eigenvalue weighted by Crippen LogP contribution is -2.19. The molecule has 2 atom stereocenters. The van der Waals surface area contributed by atoms with Gasteiger partial charge in [-0.05, 0) is 38.0 Å². The molecule has 1 N–H and O–H groups in total. The van der Waals surface area contributed by atoms with E-state index >= 15 is 0 Å². The molecule has 3 heterocycles. The van der Waals surface area contributed by atoms with Crippen LogP contribution < -0.4 is 0 Å². The van der Waals surface area contributed by atoms with Gasteiger partial charge in [0.25, 0.3) is 0 Å². The van der Waals surface area contributed by atoms with Crippen molar-refractivity contribution in [1.29, 1.82) is 0 Å². The number of aliphatic hydroxyl groups excluding tert-OH is 1. The van der Waals surface area contributed by atoms with E-state index in [-0.39, 0.29) is 6.10 Å². The van der Waals surface area contributed by atoms with Crippen LogP contribution in [0.2, 0.25) is 0 Å². The molecule has 1 fully saturated rings. The minimum absolute atomic E-state index is 0.361. The van der Waals surface area contributed by atoms with Crippen LogP contribution in [-0.2, 0) is 17.7 Å². The molecule has 4 nitrogen and oxygen atoms in total. The number of ether oxygens (including phenoxy) is 1. The largest absolute Gasteiger partial charge is 0.385 e. The van der Waals surface area contributed by atoms with E-state index in [9.17, 15) is 5.11 Å². The molecule has 2 unspecified atom stereocenters. The predicted octanol–water partition coefficient (Wildman–Crippen LogP) is 1.68. The maximum Gasteiger partial charge on any atom is 0.137 e. The number of rotatable bonds is 2. The molecule has 3 rings (SSSR count). The van der Waals surface area contributed by atoms with Crippen LogP contribution in [-0.4, -0.2) is 27.9 Å². The average Bonchev–Trinajstić information content (AvgIpc) is 2.74. The van der Waals surface area contributed by atoms with Gasteiger partial charge in [-0.1, -0.05) is 0 Å². The highest BCUT2D eigenvalue weighted by Crippen LogP contribution is 2.26. The Kier molecular flexibility index (Phi) is 3.16. The molecule has 1 aromatic heterocycles. The first-order valence-electron chi connectivity index (χ1n) is 6.64. The maximum atomic E-state index is 9.87. The van der Waals surface area contributed by atoms with Crippen molar-refractivity contribution in [3.8, 4) is 0 Å². The van der Waals surface area contributed by atoms with Gasteiger partial charge in [-0.3, -0.25) is 0 Å². The monoisotopic (exact) mass is 236 g/mol. The van der Waals surface area contributed by atoms with Gasteiger partial charge in [-0.15, -0.1) is 0 Å². The number of aromatic nitrogens is 2. The zero-order valence-electron chi connectivity index (χ0n) is 10.1. The summed E-state index contributed by atoms with van der Waals surface area (Å²) in [7, 11) is 0. The normalized spacial score (nSPS) is 29.0. The molecule has 1 aromatic rings. The van der Waals surface area contributed by atoms with Crippen molar-refractivity contribution in [3.05, 3.63) is 17.7 Å². The predicted molar refractivity (Wildman–Crippen MR) is 63.7 cm³/mol. The number of hydrogen-bond donors (Lipinski definition) is 1. The summed E-state index contributed by atoms with van der Waals surface area (Å²) in [4.78, 5) is 4.58. The first-order chi connectivity index (χ1) is 8.33. The van der Waals surface area contributed by atoms with Crippen LogP contribution in [0.1, 0.15) is 43.3 Å². The number of hydrogen-bond acceptors (Lipinski definition) is 3. The van der Waals surface area contributed by atoms with Gasteiger partial charge in [-0.2, -0.15) is 0 Å². The van der Waals surface area contributed by atoms with Crippen LogP contribution in [0.15, 0.2) is 6.20 Å². The second-order valence-electron chi connectivity index (χ2n) is 5.23. The van der Waals surface area contributed by atoms with E-state index in [0.717, 1.165) is 50.5 Å². The van der Waals surface area contributed by atoms with E-state index in [1.165, 1.54) is 12.8 Å². The summed E-state index contributed by atoms with van der Waals surface area (Å²) in [5, 5.41) is 9.87. The molecular weight excluding hydrogens is 216 g/mol. The molecule has 2 aliphatic rings. The highest BCUT2D eigenvalue weighted by molar-refractivity contribution is 5.09. The van der Waals surface area contributed by atoms with Gasteiger partial charge in [0.1, 0.15) is 11.9 Å². The van der Waals surface area contributed by atoms with Crippen molar-refractivity contribution in [1.82, 2.24) is 9.55 Å². The van der Waals surface area contributed by atoms with E-state index < -0.39 is 0 Å². The summed E-state index contributed by atoms with van der Waals surface area (Å²) in [6.45, 7) is 2.78. The highest BCUT2D eigenvalue weighted by atomic mass is 16.5. The number of imidazole rings is 1. The third-order valence-electron chi connectivity index (χ3n) is 3.78. The zero-order valence-corrected chi connectivity index (χ0v) is 10.1. The summed E-state index contributed by atoms with van der Waals surface area (Å²) < 4.78 is 7.61. The van der Waals surface area contributed by atoms with Gasteiger partial charge in [0.2, 0.25) is 0 Å². The van der Waals surface area contributed by atoms with Gasteiger partial charge < -0.3 is 14.4 Å². The second-order valence-corrected chi connectivity index (χ2v) is 5.23. The molecule has 0 radical (unpaired) electrons. The Labute approximate surface area is 102 Å². The van der Waals surface area contributed by atoms with Crippen molar-refractivity contribution in [2.45, 2.75) is 44.8 Å². The van der Waals surface area contributed by atoms with Crippen molar-refractivity contribution in [2.24, 2.45) is 5.92 Å². The molecular formula is C13H20N2O2. The van der Waals surface area contributed by atoms with Crippen LogP contribution in [0.4, 0.5) is 0 Å². The van der Waals surface area contributed by atoms with Gasteiger partial charge in [0, 0.05) is 26.0 Å². The van der Waals surface area contributed by atoms with Crippen LogP contribution in [0.5, 0.6) is 0 Å². The van der Waals surface area contributed by atoms with Crippen molar-refractivity contribution in [3.63, 3.8) is 0 Å². The van der Waals surface area contributed by atoms with Crippen LogP contribution in [0.25, 0.3) is 0 Å². The lowest BCUT2D eigenvalue weighted by Gasteiger charge is -2.20. The Balaban J connectivity index is 1.71. The molecule has 0 bridgehead atoms. The summed E-state index contributed by atoms with van der Waals surface area (Å²) in [5.41, 5.74) is 1.12. The van der Waals surface area contributed by atoms with Crippen molar-refractivity contribution >= 4 is 0 Å². The fourth-order valence-electron chi connectivity index (χ4n) is 2.88. The number of aryl methyl sites for hydroxylation is 1. The first kappa shape index (κ1) is 11.2. The summed E-state index contributed by atoms with van der Waals surface area (Å²) >= 11 is 0. The van der Waals surface area contributed by atoms with E-state index in [0.29, 0.717) is 5.92 Å². The molecule has 0 aliphatic carbocycles. The fraction of sp³-hybridized carbons (Fsp3) is 0.769. The third-order valence-corrected chi connectivity index (χ3v) is 3.78. The Bertz CT molecular complexity index is 383. The fourth-order valence-corrected chi connectivity index (χ4v) is 2.88. The Morgan fingerprint density at radius 1 is 1.41 bits per heavy atom. The van der Waals surface area contributed by atoms with E-state index in [4.69, 9.17) is 4.74 Å². The van der Waals surface area contributed by atoms with Crippen LogP contribution >= 0.6 is 0 Å². The average molecular weight is 236 g/mol. The molecule has 4 heteroatoms. The molecule has 17 heavy (non-hydrogen) atoms. The quantitative estimate of drug-likeness (QED) is 0.850. The molecule has 94 valence electrons. The summed E-state index contributed by atoms with van der Waals surface area (Å²) in [6, 6.07) is 0. The number of nitrogens with zero attached hydrogens (tertiary/aromatic N) is 2. The maximum absolute atomic E-state index is 9.87. The van der Waals surface area contributed by atoms with Crippen LogP contribution in [0.3, 0.4) is 0 Å². The van der Waals surface area contributed by atoms with Crippen LogP contribution in [0, 0.1) is 5.92 Å². The molecule has 1 saturated heterocycles. The second kappa shape index (κ2) is 4.78. The summed E-state index contributed by atoms with van der Waals surface area (Å²) in [5.74, 6) is 1.47. The first-order valence-corrected chi connectivity index (χ1v) is 6.64. The van der Waals surface area contributed by atoms with E-state index in [2.05, 4.69) is 15.7 Å². The lowest BCUT2D eigenvalue weighted by atomic mass is 9.97. The van der Waals surface area contributed by atoms with Gasteiger partial charge in [-0.25, -0.2) is 4.98 Å². The third kappa shape index (κ3) is 2.38. The molecule has 2 aliphatic heterocycles. The minimum Gasteiger partial charge on any atom is -0.385 e. The number of fused-ring (bicyclic) bond motifs is 1. The Morgan fingerprint density at radius 3 is 3.12 bits per heavy atom. The highest BCUT2D eigenvalue weighted by Gasteiger charge is 2.22. The summed E-state index contributed by atoms with van der Waals surface area (Å²) in [6.07, 6.45) is 7.06. The van der Waals surface area contributed by atoms with E-state index in [1.54, 1.807) is 0 Å². The van der Waals surface area contributed by atoms with Gasteiger partial charge in [0.15, 0.2) is 0 Å². The molecule has 0 amide bonds. The lowest BCUT2D eigenvalue weighted by molar-refractivity contribution is 0.0546. The van der Waals surface area contributed by atoms with E-state index in [1.807, 2.05) is 0 Å². The standard InChI is InChI=1S/C13H20N2O2/c16-12-4-1-5-15-8-11(14-13(12)15)7-10-3-2-6-17-9-10/h8,10,12,16H,1-7,9H2. The zero-order chi connectivity index (χ0) is 11.7. The van der Waals surface area contributed by atoms with Gasteiger partial charge >= 0.3 is 0 Å². The molecule has 0 aromatic carbocycles. The smallest absolute Gasteiger partial charge is 0.137 e. The molecule has 0 spiro atoms. The molecule has 0 saturated carbocycles. The topological polar surface area (TPSA) is 47.3 Å². The van der Waals surface area contributed by atoms with Crippen molar-refractivity contribution in [2.75, 3.05) is 13.2 Å². The minimum atomic E-state index is -0.361. The Hall–Kier alpha value is -0.870. The Morgan fingerprint density at radius 2 is 2.35 bits per heavy atom. The SMILES string of the molecule is OC1CCCn2cc(CC3CCCOC3)nc21. The van der Waals surface area contributed by atoms with Crippen molar-refractivity contribution < 1.29 is 9.84 Å².